The van der Waals surface area contributed by atoms with E-state index >= 15 is 0 Å². The van der Waals surface area contributed by atoms with Gasteiger partial charge in [0.25, 0.3) is 5.91 Å². The van der Waals surface area contributed by atoms with Gasteiger partial charge in [-0.25, -0.2) is 4.68 Å². The van der Waals surface area contributed by atoms with Gasteiger partial charge >= 0.3 is 6.18 Å². The molecule has 1 amide bonds. The molecule has 180 valence electrons. The van der Waals surface area contributed by atoms with Gasteiger partial charge in [0.15, 0.2) is 0 Å². The van der Waals surface area contributed by atoms with Gasteiger partial charge in [0.05, 0.1) is 16.1 Å². The minimum Gasteiger partial charge on any atom is -0.368 e. The molecule has 2 aromatic carbocycles. The maximum atomic E-state index is 13.6. The summed E-state index contributed by atoms with van der Waals surface area (Å²) in [6.45, 7) is 1.61. The first-order chi connectivity index (χ1) is 16.8. The van der Waals surface area contributed by atoms with Gasteiger partial charge in [-0.1, -0.05) is 29.8 Å². The topological polar surface area (TPSA) is 41.4 Å². The summed E-state index contributed by atoms with van der Waals surface area (Å²) < 4.78 is 40.9. The molecule has 2 aromatic heterocycles. The summed E-state index contributed by atoms with van der Waals surface area (Å²) in [6.07, 6.45) is -4.40. The second-order valence-electron chi connectivity index (χ2n) is 8.11. The summed E-state index contributed by atoms with van der Waals surface area (Å²) in [4.78, 5) is 18.1. The first kappa shape index (κ1) is 23.4. The van der Waals surface area contributed by atoms with Gasteiger partial charge in [-0.05, 0) is 53.9 Å². The first-order valence-electron chi connectivity index (χ1n) is 10.9. The number of benzene rings is 2. The van der Waals surface area contributed by atoms with E-state index in [1.165, 1.54) is 17.4 Å². The van der Waals surface area contributed by atoms with Crippen LogP contribution >= 0.6 is 22.9 Å². The molecule has 0 atom stereocenters. The number of hydrogen-bond donors (Lipinski definition) is 0. The van der Waals surface area contributed by atoms with Crippen LogP contribution < -0.4 is 4.90 Å². The SMILES string of the molecule is O=C(c1cc(-c2cccs2)nn1-c1cccc(Cl)c1)N1CCN(c2cccc(C(F)(F)F)c2)CC1. The van der Waals surface area contributed by atoms with Crippen LogP contribution in [-0.4, -0.2) is 46.8 Å². The Bertz CT molecular complexity index is 1350. The van der Waals surface area contributed by atoms with E-state index in [9.17, 15) is 18.0 Å². The highest BCUT2D eigenvalue weighted by molar-refractivity contribution is 7.13. The molecule has 0 spiro atoms. The maximum Gasteiger partial charge on any atom is 0.416 e. The zero-order valence-electron chi connectivity index (χ0n) is 18.4. The maximum absolute atomic E-state index is 13.6. The zero-order chi connectivity index (χ0) is 24.6. The summed E-state index contributed by atoms with van der Waals surface area (Å²) in [6, 6.07) is 18.0. The van der Waals surface area contributed by atoms with Crippen molar-refractivity contribution in [3.63, 3.8) is 0 Å². The number of anilines is 1. The Hall–Kier alpha value is -3.30. The van der Waals surface area contributed by atoms with Crippen molar-refractivity contribution in [1.82, 2.24) is 14.7 Å². The zero-order valence-corrected chi connectivity index (χ0v) is 19.9. The molecule has 0 bridgehead atoms. The lowest BCUT2D eigenvalue weighted by Gasteiger charge is -2.36. The third-order valence-electron chi connectivity index (χ3n) is 5.86. The van der Waals surface area contributed by atoms with Crippen LogP contribution in [0.25, 0.3) is 16.3 Å². The van der Waals surface area contributed by atoms with Gasteiger partial charge < -0.3 is 9.80 Å². The van der Waals surface area contributed by atoms with Crippen LogP contribution in [0, 0.1) is 0 Å². The van der Waals surface area contributed by atoms with Crippen molar-refractivity contribution in [3.05, 3.63) is 88.4 Å². The van der Waals surface area contributed by atoms with Crippen molar-refractivity contribution in [2.45, 2.75) is 6.18 Å². The van der Waals surface area contributed by atoms with E-state index in [4.69, 9.17) is 11.6 Å². The molecule has 5 rings (SSSR count). The summed E-state index contributed by atoms with van der Waals surface area (Å²) >= 11 is 7.72. The van der Waals surface area contributed by atoms with E-state index in [0.29, 0.717) is 54.0 Å². The van der Waals surface area contributed by atoms with Crippen molar-refractivity contribution in [3.8, 4) is 16.3 Å². The molecule has 0 aliphatic carbocycles. The highest BCUT2D eigenvalue weighted by Gasteiger charge is 2.32. The van der Waals surface area contributed by atoms with Crippen LogP contribution in [0.1, 0.15) is 16.1 Å². The summed E-state index contributed by atoms with van der Waals surface area (Å²) in [5, 5.41) is 7.16. The van der Waals surface area contributed by atoms with Gasteiger partial charge in [0.2, 0.25) is 0 Å². The fourth-order valence-corrected chi connectivity index (χ4v) is 4.96. The summed E-state index contributed by atoms with van der Waals surface area (Å²) in [5.74, 6) is -0.191. The highest BCUT2D eigenvalue weighted by atomic mass is 35.5. The van der Waals surface area contributed by atoms with Crippen molar-refractivity contribution in [1.29, 1.82) is 0 Å². The normalized spacial score (nSPS) is 14.4. The van der Waals surface area contributed by atoms with Crippen LogP contribution in [0.5, 0.6) is 0 Å². The first-order valence-corrected chi connectivity index (χ1v) is 12.2. The number of amides is 1. The largest absolute Gasteiger partial charge is 0.416 e. The van der Waals surface area contributed by atoms with Crippen molar-refractivity contribution in [2.75, 3.05) is 31.1 Å². The molecular weight excluding hydrogens is 497 g/mol. The molecule has 0 N–H and O–H groups in total. The molecule has 0 saturated carbocycles. The van der Waals surface area contributed by atoms with Crippen LogP contribution in [0.15, 0.2) is 72.1 Å². The molecular formula is C25H20ClF3N4OS. The molecule has 1 saturated heterocycles. The Kier molecular flexibility index (Phi) is 6.29. The molecule has 0 radical (unpaired) electrons. The number of nitrogens with zero attached hydrogens (tertiary/aromatic N) is 4. The fourth-order valence-electron chi connectivity index (χ4n) is 4.09. The smallest absolute Gasteiger partial charge is 0.368 e. The Balaban J connectivity index is 1.38. The number of aromatic nitrogens is 2. The average molecular weight is 517 g/mol. The van der Waals surface area contributed by atoms with E-state index in [1.807, 2.05) is 28.5 Å². The van der Waals surface area contributed by atoms with E-state index < -0.39 is 11.7 Å². The molecule has 5 nitrogen and oxygen atoms in total. The molecule has 1 aliphatic rings. The van der Waals surface area contributed by atoms with Gasteiger partial charge in [0.1, 0.15) is 11.4 Å². The number of rotatable bonds is 4. The lowest BCUT2D eigenvalue weighted by Crippen LogP contribution is -2.49. The quantitative estimate of drug-likeness (QED) is 0.322. The Labute approximate surface area is 209 Å². The van der Waals surface area contributed by atoms with E-state index in [1.54, 1.807) is 39.9 Å². The minimum atomic E-state index is -4.40. The Morgan fingerprint density at radius 1 is 0.914 bits per heavy atom. The molecule has 3 heterocycles. The molecule has 0 unspecified atom stereocenters. The van der Waals surface area contributed by atoms with Crippen LogP contribution in [-0.2, 0) is 6.18 Å². The molecule has 35 heavy (non-hydrogen) atoms. The van der Waals surface area contributed by atoms with Crippen molar-refractivity contribution >= 4 is 34.5 Å². The van der Waals surface area contributed by atoms with E-state index in [-0.39, 0.29) is 5.91 Å². The number of halogens is 4. The van der Waals surface area contributed by atoms with Crippen LogP contribution in [0.4, 0.5) is 18.9 Å². The van der Waals surface area contributed by atoms with Crippen LogP contribution in [0.2, 0.25) is 5.02 Å². The molecule has 1 aliphatic heterocycles. The number of carbonyl (C=O) groups excluding carboxylic acids is 1. The molecule has 10 heteroatoms. The number of piperazine rings is 1. The predicted octanol–water partition coefficient (Wildman–Crippen LogP) is 6.24. The monoisotopic (exact) mass is 516 g/mol. The second-order valence-corrected chi connectivity index (χ2v) is 9.50. The third kappa shape index (κ3) is 4.92. The van der Waals surface area contributed by atoms with Gasteiger partial charge in [0, 0.05) is 36.9 Å². The third-order valence-corrected chi connectivity index (χ3v) is 6.99. The van der Waals surface area contributed by atoms with Gasteiger partial charge in [-0.3, -0.25) is 4.79 Å². The second kappa shape index (κ2) is 9.39. The van der Waals surface area contributed by atoms with E-state index in [2.05, 4.69) is 5.10 Å². The lowest BCUT2D eigenvalue weighted by molar-refractivity contribution is -0.137. The average Bonchev–Trinajstić information content (AvgIpc) is 3.54. The highest BCUT2D eigenvalue weighted by Crippen LogP contribution is 2.32. The van der Waals surface area contributed by atoms with Crippen LogP contribution in [0.3, 0.4) is 0 Å². The molecule has 1 fully saturated rings. The summed E-state index contributed by atoms with van der Waals surface area (Å²) in [7, 11) is 0. The number of carbonyl (C=O) groups is 1. The summed E-state index contributed by atoms with van der Waals surface area (Å²) in [5.41, 5.74) is 1.58. The molecule has 4 aromatic rings. The number of thiophene rings is 1. The van der Waals surface area contributed by atoms with Gasteiger partial charge in [-0.2, -0.15) is 18.3 Å². The standard InChI is InChI=1S/C25H20ClF3N4OS/c26-18-5-2-7-20(15-18)33-22(16-21(30-33)23-8-3-13-35-23)24(34)32-11-9-31(10-12-32)19-6-1-4-17(14-19)25(27,28)29/h1-8,13-16H,9-12H2. The fraction of sp³-hybridized carbons (Fsp3) is 0.200. The van der Waals surface area contributed by atoms with E-state index in [0.717, 1.165) is 17.0 Å². The minimum absolute atomic E-state index is 0.191. The Morgan fingerprint density at radius 3 is 2.34 bits per heavy atom. The van der Waals surface area contributed by atoms with Crippen molar-refractivity contribution in [2.24, 2.45) is 0 Å². The number of hydrogen-bond acceptors (Lipinski definition) is 4. The lowest BCUT2D eigenvalue weighted by atomic mass is 10.1. The van der Waals surface area contributed by atoms with Crippen molar-refractivity contribution < 1.29 is 18.0 Å². The van der Waals surface area contributed by atoms with Gasteiger partial charge in [-0.15, -0.1) is 11.3 Å². The predicted molar refractivity (Wildman–Crippen MR) is 131 cm³/mol. The number of alkyl halides is 3. The Morgan fingerprint density at radius 2 is 1.66 bits per heavy atom.